The highest BCUT2D eigenvalue weighted by Crippen LogP contribution is 2.42. The molecule has 1 fully saturated rings. The summed E-state index contributed by atoms with van der Waals surface area (Å²) in [7, 11) is 1.56. The number of carbonyl (C=O) groups is 2. The summed E-state index contributed by atoms with van der Waals surface area (Å²) < 4.78 is 17.5. The van der Waals surface area contributed by atoms with Crippen molar-refractivity contribution in [1.82, 2.24) is 9.80 Å². The van der Waals surface area contributed by atoms with Gasteiger partial charge in [0, 0.05) is 12.1 Å². The van der Waals surface area contributed by atoms with Crippen LogP contribution in [0.25, 0.3) is 5.76 Å². The maximum absolute atomic E-state index is 13.5. The van der Waals surface area contributed by atoms with Crippen molar-refractivity contribution in [3.63, 3.8) is 0 Å². The molecule has 3 aromatic rings. The first-order valence-corrected chi connectivity index (χ1v) is 15.5. The van der Waals surface area contributed by atoms with E-state index in [1.165, 1.54) is 0 Å². The molecule has 1 heterocycles. The molecule has 4 rings (SSSR count). The van der Waals surface area contributed by atoms with Crippen LogP contribution in [0.4, 0.5) is 0 Å². The van der Waals surface area contributed by atoms with Gasteiger partial charge in [0.25, 0.3) is 11.7 Å². The Morgan fingerprint density at radius 2 is 1.61 bits per heavy atom. The fraction of sp³-hybridized carbons (Fsp3) is 0.389. The molecule has 0 bridgehead atoms. The Labute approximate surface area is 260 Å². The van der Waals surface area contributed by atoms with E-state index in [0.717, 1.165) is 38.0 Å². The van der Waals surface area contributed by atoms with Crippen LogP contribution in [0.5, 0.6) is 17.2 Å². The van der Waals surface area contributed by atoms with E-state index >= 15 is 0 Å². The van der Waals surface area contributed by atoms with Gasteiger partial charge in [-0.05, 0) is 80.0 Å². The fourth-order valence-electron chi connectivity index (χ4n) is 5.37. The molecule has 0 radical (unpaired) electrons. The summed E-state index contributed by atoms with van der Waals surface area (Å²) in [6, 6.07) is 21.4. The van der Waals surface area contributed by atoms with Crippen molar-refractivity contribution >= 4 is 17.4 Å². The van der Waals surface area contributed by atoms with Crippen LogP contribution in [0.1, 0.15) is 62.8 Å². The van der Waals surface area contributed by atoms with Crippen LogP contribution in [-0.4, -0.2) is 66.5 Å². The van der Waals surface area contributed by atoms with E-state index in [1.54, 1.807) is 48.4 Å². The molecule has 1 unspecified atom stereocenters. The number of hydrogen-bond acceptors (Lipinski definition) is 7. The minimum Gasteiger partial charge on any atom is -0.507 e. The zero-order valence-corrected chi connectivity index (χ0v) is 26.3. The number of aliphatic hydroxyl groups excluding tert-OH is 1. The first-order valence-electron chi connectivity index (χ1n) is 15.5. The van der Waals surface area contributed by atoms with E-state index in [1.807, 2.05) is 36.4 Å². The van der Waals surface area contributed by atoms with Crippen molar-refractivity contribution in [2.75, 3.05) is 39.9 Å². The number of ether oxygens (including phenoxy) is 3. The monoisotopic (exact) mass is 600 g/mol. The molecule has 1 atom stereocenters. The van der Waals surface area contributed by atoms with Crippen LogP contribution in [-0.2, 0) is 16.2 Å². The Morgan fingerprint density at radius 3 is 2.27 bits per heavy atom. The number of rotatable bonds is 16. The van der Waals surface area contributed by atoms with Gasteiger partial charge in [0.2, 0.25) is 0 Å². The lowest BCUT2D eigenvalue weighted by atomic mass is 9.95. The number of ketones is 1. The van der Waals surface area contributed by atoms with Gasteiger partial charge >= 0.3 is 0 Å². The van der Waals surface area contributed by atoms with Gasteiger partial charge in [0.1, 0.15) is 18.1 Å². The van der Waals surface area contributed by atoms with Gasteiger partial charge in [-0.25, -0.2) is 0 Å². The number of amides is 1. The van der Waals surface area contributed by atoms with Crippen molar-refractivity contribution in [1.29, 1.82) is 0 Å². The number of benzene rings is 3. The van der Waals surface area contributed by atoms with Gasteiger partial charge in [-0.15, -0.1) is 0 Å². The largest absolute Gasteiger partial charge is 0.507 e. The SMILES string of the molecule is CCCCOc1ccc(/C(O)=C2\C(=O)C(=O)N(CCCN(CC)CC)C2c2ccc(OCc3ccccc3)c(OC)c2)cc1. The highest BCUT2D eigenvalue weighted by Gasteiger charge is 2.46. The minimum atomic E-state index is -0.788. The maximum atomic E-state index is 13.5. The second-order valence-electron chi connectivity index (χ2n) is 10.8. The average Bonchev–Trinajstić information content (AvgIpc) is 3.31. The molecule has 1 aliphatic heterocycles. The molecule has 1 aliphatic rings. The van der Waals surface area contributed by atoms with Gasteiger partial charge in [-0.2, -0.15) is 0 Å². The molecule has 1 amide bonds. The van der Waals surface area contributed by atoms with Crippen LogP contribution < -0.4 is 14.2 Å². The Kier molecular flexibility index (Phi) is 11.8. The molecule has 3 aromatic carbocycles. The van der Waals surface area contributed by atoms with Gasteiger partial charge in [0.05, 0.1) is 25.3 Å². The number of carbonyl (C=O) groups excluding carboxylic acids is 2. The zero-order valence-electron chi connectivity index (χ0n) is 26.3. The lowest BCUT2D eigenvalue weighted by molar-refractivity contribution is -0.140. The lowest BCUT2D eigenvalue weighted by Crippen LogP contribution is -2.33. The average molecular weight is 601 g/mol. The fourth-order valence-corrected chi connectivity index (χ4v) is 5.37. The summed E-state index contributed by atoms with van der Waals surface area (Å²) in [5, 5.41) is 11.5. The minimum absolute atomic E-state index is 0.0532. The van der Waals surface area contributed by atoms with E-state index < -0.39 is 17.7 Å². The van der Waals surface area contributed by atoms with Crippen molar-refractivity contribution < 1.29 is 28.9 Å². The van der Waals surface area contributed by atoms with Gasteiger partial charge in [0.15, 0.2) is 11.5 Å². The number of Topliss-reactive ketones (excluding diaryl/α,β-unsaturated/α-hetero) is 1. The molecule has 1 saturated heterocycles. The van der Waals surface area contributed by atoms with Gasteiger partial charge in [-0.3, -0.25) is 9.59 Å². The standard InChI is InChI=1S/C36H44N2O6/c1-5-8-23-43-29-18-15-27(16-19-29)34(39)32-33(38(36(41)35(32)40)22-12-21-37(6-2)7-3)28-17-20-30(31(24-28)42-4)44-25-26-13-10-9-11-14-26/h9-11,13-20,24,33,39H,5-8,12,21-23,25H2,1-4H3/b34-32+. The number of aliphatic hydroxyl groups is 1. The normalized spacial score (nSPS) is 16.0. The van der Waals surface area contributed by atoms with E-state index in [4.69, 9.17) is 14.2 Å². The lowest BCUT2D eigenvalue weighted by Gasteiger charge is -2.27. The van der Waals surface area contributed by atoms with Crippen LogP contribution in [0.15, 0.2) is 78.4 Å². The summed E-state index contributed by atoms with van der Waals surface area (Å²) in [5.74, 6) is 0.140. The van der Waals surface area contributed by atoms with Gasteiger partial charge < -0.3 is 29.1 Å². The molecule has 0 saturated carbocycles. The van der Waals surface area contributed by atoms with Crippen LogP contribution in [0.2, 0.25) is 0 Å². The second kappa shape index (κ2) is 16.0. The molecule has 234 valence electrons. The van der Waals surface area contributed by atoms with Crippen molar-refractivity contribution in [3.05, 3.63) is 95.1 Å². The predicted octanol–water partition coefficient (Wildman–Crippen LogP) is 6.61. The van der Waals surface area contributed by atoms with E-state index in [9.17, 15) is 14.7 Å². The quantitative estimate of drug-likeness (QED) is 0.0857. The van der Waals surface area contributed by atoms with Crippen molar-refractivity contribution in [2.45, 2.75) is 52.7 Å². The summed E-state index contributed by atoms with van der Waals surface area (Å²) in [6.45, 7) is 10.2. The van der Waals surface area contributed by atoms with Crippen LogP contribution in [0, 0.1) is 0 Å². The molecular weight excluding hydrogens is 556 g/mol. The molecule has 1 N–H and O–H groups in total. The van der Waals surface area contributed by atoms with E-state index in [-0.39, 0.29) is 11.3 Å². The van der Waals surface area contributed by atoms with Crippen molar-refractivity contribution in [3.8, 4) is 17.2 Å². The van der Waals surface area contributed by atoms with E-state index in [2.05, 4.69) is 25.7 Å². The molecule has 0 aliphatic carbocycles. The first kappa shape index (κ1) is 32.6. The Bertz CT molecular complexity index is 1420. The van der Waals surface area contributed by atoms with Crippen LogP contribution in [0.3, 0.4) is 0 Å². The molecule has 0 aromatic heterocycles. The number of methoxy groups -OCH3 is 1. The van der Waals surface area contributed by atoms with Gasteiger partial charge in [-0.1, -0.05) is 63.6 Å². The topological polar surface area (TPSA) is 88.5 Å². The van der Waals surface area contributed by atoms with E-state index in [0.29, 0.717) is 54.6 Å². The summed E-state index contributed by atoms with van der Waals surface area (Å²) in [5.41, 5.74) is 2.16. The maximum Gasteiger partial charge on any atom is 0.295 e. The highest BCUT2D eigenvalue weighted by molar-refractivity contribution is 6.46. The number of likely N-dealkylation sites (tertiary alicyclic amines) is 1. The van der Waals surface area contributed by atoms with Crippen molar-refractivity contribution in [2.24, 2.45) is 0 Å². The highest BCUT2D eigenvalue weighted by atomic mass is 16.5. The molecule has 0 spiro atoms. The third kappa shape index (κ3) is 7.80. The molecule has 8 nitrogen and oxygen atoms in total. The summed E-state index contributed by atoms with van der Waals surface area (Å²) >= 11 is 0. The molecule has 8 heteroatoms. The number of unbranched alkanes of at least 4 members (excludes halogenated alkanes) is 1. The van der Waals surface area contributed by atoms with Crippen LogP contribution >= 0.6 is 0 Å². The third-order valence-electron chi connectivity index (χ3n) is 7.94. The molecule has 44 heavy (non-hydrogen) atoms. The smallest absolute Gasteiger partial charge is 0.295 e. The Morgan fingerprint density at radius 1 is 0.886 bits per heavy atom. The second-order valence-corrected chi connectivity index (χ2v) is 10.8. The first-order chi connectivity index (χ1) is 21.4. The Balaban J connectivity index is 1.69. The Hall–Kier alpha value is -4.30. The number of nitrogens with zero attached hydrogens (tertiary/aromatic N) is 2. The summed E-state index contributed by atoms with van der Waals surface area (Å²) in [4.78, 5) is 30.9. The zero-order chi connectivity index (χ0) is 31.5. The summed E-state index contributed by atoms with van der Waals surface area (Å²) in [6.07, 6.45) is 2.66. The number of hydrogen-bond donors (Lipinski definition) is 1. The third-order valence-corrected chi connectivity index (χ3v) is 7.94. The predicted molar refractivity (Wildman–Crippen MR) is 172 cm³/mol. The molecular formula is C36H44N2O6.